The van der Waals surface area contributed by atoms with Crippen molar-refractivity contribution in [2.24, 2.45) is 5.92 Å². The van der Waals surface area contributed by atoms with Crippen molar-refractivity contribution in [1.29, 1.82) is 0 Å². The van der Waals surface area contributed by atoms with Crippen LogP contribution in [0.5, 0.6) is 11.5 Å². The van der Waals surface area contributed by atoms with Crippen LogP contribution in [0.1, 0.15) is 47.1 Å². The SMILES string of the molecule is COc1ccc2c(c1OC)C(c1cccc(C)c1)C1CCCN(C)C21. The molecule has 1 aliphatic carbocycles. The molecule has 0 N–H and O–H groups in total. The lowest BCUT2D eigenvalue weighted by Crippen LogP contribution is -2.34. The summed E-state index contributed by atoms with van der Waals surface area (Å²) >= 11 is 0. The number of hydrogen-bond donors (Lipinski definition) is 0. The van der Waals surface area contributed by atoms with Gasteiger partial charge in [0.2, 0.25) is 0 Å². The van der Waals surface area contributed by atoms with E-state index in [1.54, 1.807) is 14.2 Å². The highest BCUT2D eigenvalue weighted by atomic mass is 16.5. The van der Waals surface area contributed by atoms with Crippen LogP contribution in [-0.4, -0.2) is 32.7 Å². The molecule has 0 amide bonds. The normalized spacial score (nSPS) is 25.4. The Hall–Kier alpha value is -2.00. The number of nitrogens with zero attached hydrogens (tertiary/aromatic N) is 1. The van der Waals surface area contributed by atoms with E-state index in [2.05, 4.69) is 55.3 Å². The summed E-state index contributed by atoms with van der Waals surface area (Å²) in [5.41, 5.74) is 5.46. The van der Waals surface area contributed by atoms with E-state index >= 15 is 0 Å². The van der Waals surface area contributed by atoms with Crippen LogP contribution in [0.15, 0.2) is 36.4 Å². The molecule has 2 aliphatic rings. The Morgan fingerprint density at radius 3 is 2.64 bits per heavy atom. The Kier molecular flexibility index (Phi) is 4.20. The van der Waals surface area contributed by atoms with Crippen molar-refractivity contribution in [1.82, 2.24) is 4.90 Å². The maximum atomic E-state index is 5.86. The molecule has 3 unspecified atom stereocenters. The summed E-state index contributed by atoms with van der Waals surface area (Å²) in [6.45, 7) is 3.34. The van der Waals surface area contributed by atoms with Crippen LogP contribution < -0.4 is 9.47 Å². The van der Waals surface area contributed by atoms with Gasteiger partial charge in [0.15, 0.2) is 11.5 Å². The van der Waals surface area contributed by atoms with Gasteiger partial charge in [-0.15, -0.1) is 0 Å². The predicted octanol–water partition coefficient (Wildman–Crippen LogP) is 4.54. The number of hydrogen-bond acceptors (Lipinski definition) is 3. The maximum Gasteiger partial charge on any atom is 0.164 e. The molecule has 0 aromatic heterocycles. The van der Waals surface area contributed by atoms with Gasteiger partial charge in [0.1, 0.15) is 0 Å². The fraction of sp³-hybridized carbons (Fsp3) is 0.455. The van der Waals surface area contributed by atoms with Crippen molar-refractivity contribution in [2.75, 3.05) is 27.8 Å². The minimum atomic E-state index is 0.368. The van der Waals surface area contributed by atoms with E-state index in [0.717, 1.165) is 18.0 Å². The summed E-state index contributed by atoms with van der Waals surface area (Å²) in [4.78, 5) is 2.52. The van der Waals surface area contributed by atoms with Gasteiger partial charge >= 0.3 is 0 Å². The Bertz CT molecular complexity index is 786. The minimum absolute atomic E-state index is 0.368. The highest BCUT2D eigenvalue weighted by Crippen LogP contribution is 2.58. The molecule has 2 aromatic rings. The lowest BCUT2D eigenvalue weighted by Gasteiger charge is -2.37. The predicted molar refractivity (Wildman–Crippen MR) is 101 cm³/mol. The number of benzene rings is 2. The zero-order chi connectivity index (χ0) is 17.6. The van der Waals surface area contributed by atoms with Gasteiger partial charge in [-0.05, 0) is 56.5 Å². The Labute approximate surface area is 150 Å². The van der Waals surface area contributed by atoms with Gasteiger partial charge in [-0.1, -0.05) is 35.9 Å². The van der Waals surface area contributed by atoms with Gasteiger partial charge < -0.3 is 9.47 Å². The summed E-state index contributed by atoms with van der Waals surface area (Å²) in [5, 5.41) is 0. The average molecular weight is 337 g/mol. The van der Waals surface area contributed by atoms with Gasteiger partial charge in [-0.25, -0.2) is 0 Å². The molecule has 3 nitrogen and oxygen atoms in total. The Morgan fingerprint density at radius 2 is 1.92 bits per heavy atom. The zero-order valence-corrected chi connectivity index (χ0v) is 15.6. The zero-order valence-electron chi connectivity index (χ0n) is 15.6. The number of fused-ring (bicyclic) bond motifs is 3. The summed E-state index contributed by atoms with van der Waals surface area (Å²) in [5.74, 6) is 2.71. The van der Waals surface area contributed by atoms with Crippen molar-refractivity contribution in [3.63, 3.8) is 0 Å². The summed E-state index contributed by atoms with van der Waals surface area (Å²) in [6, 6.07) is 13.8. The summed E-state index contributed by atoms with van der Waals surface area (Å²) in [6.07, 6.45) is 2.52. The summed E-state index contributed by atoms with van der Waals surface area (Å²) in [7, 11) is 5.74. The molecular formula is C22H27NO2. The highest BCUT2D eigenvalue weighted by molar-refractivity contribution is 5.59. The van der Waals surface area contributed by atoms with E-state index in [-0.39, 0.29) is 0 Å². The van der Waals surface area contributed by atoms with Crippen LogP contribution in [0.4, 0.5) is 0 Å². The van der Waals surface area contributed by atoms with Gasteiger partial charge in [0, 0.05) is 17.5 Å². The van der Waals surface area contributed by atoms with E-state index in [4.69, 9.17) is 9.47 Å². The first-order valence-corrected chi connectivity index (χ1v) is 9.17. The van der Waals surface area contributed by atoms with E-state index in [9.17, 15) is 0 Å². The number of likely N-dealkylation sites (tertiary alicyclic amines) is 1. The van der Waals surface area contributed by atoms with Crippen molar-refractivity contribution >= 4 is 0 Å². The number of methoxy groups -OCH3 is 2. The van der Waals surface area contributed by atoms with Crippen LogP contribution in [-0.2, 0) is 0 Å². The molecule has 25 heavy (non-hydrogen) atoms. The van der Waals surface area contributed by atoms with Gasteiger partial charge in [0.05, 0.1) is 14.2 Å². The molecule has 0 radical (unpaired) electrons. The fourth-order valence-corrected chi connectivity index (χ4v) is 5.05. The molecule has 3 atom stereocenters. The second-order valence-corrected chi connectivity index (χ2v) is 7.43. The maximum absolute atomic E-state index is 5.86. The van der Waals surface area contributed by atoms with Crippen LogP contribution in [0.2, 0.25) is 0 Å². The topological polar surface area (TPSA) is 21.7 Å². The largest absolute Gasteiger partial charge is 0.493 e. The van der Waals surface area contributed by atoms with Gasteiger partial charge in [0.25, 0.3) is 0 Å². The molecule has 0 bridgehead atoms. The number of aryl methyl sites for hydroxylation is 1. The third kappa shape index (κ3) is 2.53. The van der Waals surface area contributed by atoms with Crippen molar-refractivity contribution in [3.05, 3.63) is 58.7 Å². The van der Waals surface area contributed by atoms with E-state index < -0.39 is 0 Å². The molecule has 0 spiro atoms. The highest BCUT2D eigenvalue weighted by Gasteiger charge is 2.46. The minimum Gasteiger partial charge on any atom is -0.493 e. The average Bonchev–Trinajstić information content (AvgIpc) is 2.96. The quantitative estimate of drug-likeness (QED) is 0.821. The number of rotatable bonds is 3. The smallest absolute Gasteiger partial charge is 0.164 e. The van der Waals surface area contributed by atoms with E-state index in [1.807, 2.05) is 0 Å². The van der Waals surface area contributed by atoms with Crippen LogP contribution in [0.25, 0.3) is 0 Å². The van der Waals surface area contributed by atoms with Crippen LogP contribution in [0, 0.1) is 12.8 Å². The molecule has 1 aliphatic heterocycles. The van der Waals surface area contributed by atoms with Crippen LogP contribution in [0.3, 0.4) is 0 Å². The Balaban J connectivity index is 1.95. The standard InChI is InChI=1S/C22H27NO2/c1-14-7-5-8-15(13-14)19-16-9-6-12-23(2)21(16)17-10-11-18(24-3)22(25-4)20(17)19/h5,7-8,10-11,13,16,19,21H,6,9,12H2,1-4H3. The second-order valence-electron chi connectivity index (χ2n) is 7.43. The molecule has 132 valence electrons. The summed E-state index contributed by atoms with van der Waals surface area (Å²) < 4.78 is 11.5. The molecule has 1 saturated heterocycles. The van der Waals surface area contributed by atoms with Crippen molar-refractivity contribution in [2.45, 2.75) is 31.7 Å². The number of piperidine rings is 1. The first-order valence-electron chi connectivity index (χ1n) is 9.17. The van der Waals surface area contributed by atoms with E-state index in [0.29, 0.717) is 17.9 Å². The molecule has 0 saturated carbocycles. The lowest BCUT2D eigenvalue weighted by atomic mass is 9.79. The molecular weight excluding hydrogens is 310 g/mol. The molecule has 3 heteroatoms. The fourth-order valence-electron chi connectivity index (χ4n) is 5.05. The first-order chi connectivity index (χ1) is 12.2. The Morgan fingerprint density at radius 1 is 1.08 bits per heavy atom. The molecule has 2 aromatic carbocycles. The van der Waals surface area contributed by atoms with E-state index in [1.165, 1.54) is 35.1 Å². The van der Waals surface area contributed by atoms with Crippen molar-refractivity contribution < 1.29 is 9.47 Å². The monoisotopic (exact) mass is 337 g/mol. The van der Waals surface area contributed by atoms with Gasteiger partial charge in [-0.2, -0.15) is 0 Å². The van der Waals surface area contributed by atoms with Crippen LogP contribution >= 0.6 is 0 Å². The van der Waals surface area contributed by atoms with Crippen molar-refractivity contribution in [3.8, 4) is 11.5 Å². The molecule has 1 fully saturated rings. The third-order valence-corrected chi connectivity index (χ3v) is 6.01. The third-order valence-electron chi connectivity index (χ3n) is 6.01. The number of ether oxygens (including phenoxy) is 2. The molecule has 1 heterocycles. The molecule has 4 rings (SSSR count). The second kappa shape index (κ2) is 6.38. The first kappa shape index (κ1) is 16.5. The van der Waals surface area contributed by atoms with Gasteiger partial charge in [-0.3, -0.25) is 4.90 Å². The lowest BCUT2D eigenvalue weighted by molar-refractivity contribution is 0.127.